The summed E-state index contributed by atoms with van der Waals surface area (Å²) in [6, 6.07) is 8.04. The largest absolute Gasteiger partial charge is 0.313 e. The molecular formula is C23H21FN4O2S2. The van der Waals surface area contributed by atoms with Crippen molar-refractivity contribution in [1.29, 1.82) is 0 Å². The third kappa shape index (κ3) is 2.39. The van der Waals surface area contributed by atoms with Crippen LogP contribution in [0.5, 0.6) is 0 Å². The highest BCUT2D eigenvalue weighted by molar-refractivity contribution is 8.25. The van der Waals surface area contributed by atoms with Gasteiger partial charge in [0.1, 0.15) is 14.9 Å². The Morgan fingerprint density at radius 2 is 2.09 bits per heavy atom. The fourth-order valence-electron chi connectivity index (χ4n) is 5.54. The molecule has 4 heterocycles. The highest BCUT2D eigenvalue weighted by Gasteiger charge is 2.78. The lowest BCUT2D eigenvalue weighted by Gasteiger charge is -2.42. The maximum absolute atomic E-state index is 14.5. The molecule has 3 aliphatic rings. The highest BCUT2D eigenvalue weighted by Crippen LogP contribution is 2.66. The minimum atomic E-state index is -1.42. The number of hydrogen-bond acceptors (Lipinski definition) is 6. The average molecular weight is 469 g/mol. The van der Waals surface area contributed by atoms with Crippen LogP contribution in [0.2, 0.25) is 0 Å². The van der Waals surface area contributed by atoms with Crippen LogP contribution in [-0.4, -0.2) is 62.9 Å². The molecule has 2 aromatic rings. The third-order valence-corrected chi connectivity index (χ3v) is 8.75. The Bertz CT molecular complexity index is 1180. The first-order valence-corrected chi connectivity index (χ1v) is 11.4. The van der Waals surface area contributed by atoms with Crippen LogP contribution in [0.1, 0.15) is 17.0 Å². The Balaban J connectivity index is 1.85. The van der Waals surface area contributed by atoms with E-state index in [1.807, 2.05) is 24.1 Å². The van der Waals surface area contributed by atoms with Crippen molar-refractivity contribution in [3.05, 3.63) is 72.3 Å². The van der Waals surface area contributed by atoms with E-state index in [4.69, 9.17) is 12.2 Å². The number of thioether (sulfide) groups is 1. The molecule has 1 aromatic carbocycles. The Kier molecular flexibility index (Phi) is 4.77. The summed E-state index contributed by atoms with van der Waals surface area (Å²) in [4.78, 5) is 37.5. The van der Waals surface area contributed by atoms with Gasteiger partial charge >= 0.3 is 0 Å². The number of carbonyl (C=O) groups is 2. The van der Waals surface area contributed by atoms with Gasteiger partial charge in [-0.2, -0.15) is 0 Å². The van der Waals surface area contributed by atoms with Crippen molar-refractivity contribution in [2.45, 2.75) is 16.2 Å². The molecule has 2 saturated heterocycles. The van der Waals surface area contributed by atoms with E-state index in [1.165, 1.54) is 33.7 Å². The quantitative estimate of drug-likeness (QED) is 0.510. The van der Waals surface area contributed by atoms with E-state index in [-0.39, 0.29) is 18.4 Å². The molecule has 2 spiro atoms. The van der Waals surface area contributed by atoms with Gasteiger partial charge in [-0.1, -0.05) is 36.1 Å². The zero-order valence-corrected chi connectivity index (χ0v) is 19.3. The molecule has 3 aliphatic heterocycles. The number of nitrogens with zero attached hydrogens (tertiary/aromatic N) is 4. The number of hydrogen-bond donors (Lipinski definition) is 0. The SMILES string of the molecule is C=CCN1C(=O)[C@]2(SC1=S)[C@H](c1cccnc1)CN(C)[C@]21C(=O)N(C)c2ccc(F)cc21. The van der Waals surface area contributed by atoms with Gasteiger partial charge in [0.2, 0.25) is 5.91 Å². The van der Waals surface area contributed by atoms with Crippen LogP contribution >= 0.6 is 24.0 Å². The van der Waals surface area contributed by atoms with Gasteiger partial charge in [0, 0.05) is 49.7 Å². The minimum Gasteiger partial charge on any atom is -0.313 e. The first-order chi connectivity index (χ1) is 15.3. The Labute approximate surface area is 195 Å². The van der Waals surface area contributed by atoms with E-state index >= 15 is 0 Å². The smallest absolute Gasteiger partial charge is 0.254 e. The van der Waals surface area contributed by atoms with Crippen LogP contribution in [-0.2, 0) is 15.1 Å². The monoisotopic (exact) mass is 468 g/mol. The van der Waals surface area contributed by atoms with Crippen LogP contribution in [0.4, 0.5) is 10.1 Å². The summed E-state index contributed by atoms with van der Waals surface area (Å²) in [7, 11) is 3.48. The first-order valence-electron chi connectivity index (χ1n) is 10.2. The molecule has 32 heavy (non-hydrogen) atoms. The van der Waals surface area contributed by atoms with Crippen molar-refractivity contribution >= 4 is 45.8 Å². The summed E-state index contributed by atoms with van der Waals surface area (Å²) in [6.45, 7) is 4.41. The maximum Gasteiger partial charge on any atom is 0.254 e. The van der Waals surface area contributed by atoms with Gasteiger partial charge in [0.15, 0.2) is 5.54 Å². The summed E-state index contributed by atoms with van der Waals surface area (Å²) in [6.07, 6.45) is 5.01. The van der Waals surface area contributed by atoms with E-state index in [2.05, 4.69) is 11.6 Å². The number of rotatable bonds is 3. The number of pyridine rings is 1. The minimum absolute atomic E-state index is 0.242. The van der Waals surface area contributed by atoms with Crippen molar-refractivity contribution in [1.82, 2.24) is 14.8 Å². The second-order valence-electron chi connectivity index (χ2n) is 8.26. The third-order valence-electron chi connectivity index (χ3n) is 6.81. The predicted molar refractivity (Wildman–Crippen MR) is 126 cm³/mol. The van der Waals surface area contributed by atoms with E-state index in [9.17, 15) is 14.0 Å². The number of halogens is 1. The van der Waals surface area contributed by atoms with Gasteiger partial charge in [0.25, 0.3) is 5.91 Å². The van der Waals surface area contributed by atoms with Crippen LogP contribution in [0.25, 0.3) is 0 Å². The molecule has 0 aliphatic carbocycles. The number of amides is 2. The fraction of sp³-hybridized carbons (Fsp3) is 0.304. The number of likely N-dealkylation sites (N-methyl/N-ethyl adjacent to an activating group) is 2. The van der Waals surface area contributed by atoms with Crippen molar-refractivity contribution in [2.75, 3.05) is 32.1 Å². The van der Waals surface area contributed by atoms with Crippen molar-refractivity contribution in [2.24, 2.45) is 0 Å². The standard InChI is InChI=1S/C23H21FN4O2S2/c1-4-10-28-20(30)23(32-21(28)31)17(14-6-5-9-25-12-14)13-26(2)22(23)16-11-15(24)7-8-18(16)27(3)19(22)29/h4-9,11-12,17H,1,10,13H2,2-3H3/t17-,22+,23+/m0/s1. The van der Waals surface area contributed by atoms with Crippen LogP contribution in [0.15, 0.2) is 55.4 Å². The van der Waals surface area contributed by atoms with E-state index in [0.29, 0.717) is 22.1 Å². The number of benzene rings is 1. The molecule has 3 atom stereocenters. The number of aromatic nitrogens is 1. The molecule has 2 fully saturated rings. The summed E-state index contributed by atoms with van der Waals surface area (Å²) >= 11 is 6.86. The Morgan fingerprint density at radius 3 is 2.78 bits per heavy atom. The van der Waals surface area contributed by atoms with E-state index in [1.54, 1.807) is 31.6 Å². The molecule has 2 amide bonds. The summed E-state index contributed by atoms with van der Waals surface area (Å²) in [5, 5.41) is 0. The van der Waals surface area contributed by atoms with Gasteiger partial charge in [0.05, 0.1) is 0 Å². The first kappa shape index (κ1) is 21.2. The predicted octanol–water partition coefficient (Wildman–Crippen LogP) is 2.91. The average Bonchev–Trinajstić information content (AvgIpc) is 3.28. The van der Waals surface area contributed by atoms with E-state index < -0.39 is 22.0 Å². The van der Waals surface area contributed by atoms with Gasteiger partial charge in [-0.25, -0.2) is 4.39 Å². The Hall–Kier alpha value is -2.62. The zero-order chi connectivity index (χ0) is 22.8. The summed E-state index contributed by atoms with van der Waals surface area (Å²) in [5.41, 5.74) is 0.501. The molecule has 0 bridgehead atoms. The van der Waals surface area contributed by atoms with Crippen LogP contribution < -0.4 is 4.90 Å². The molecule has 0 radical (unpaired) electrons. The van der Waals surface area contributed by atoms with Gasteiger partial charge in [-0.05, 0) is 36.9 Å². The molecule has 0 N–H and O–H groups in total. The van der Waals surface area contributed by atoms with Crippen LogP contribution in [0.3, 0.4) is 0 Å². The molecule has 164 valence electrons. The lowest BCUT2D eigenvalue weighted by Crippen LogP contribution is -2.62. The molecule has 1 aromatic heterocycles. The lowest BCUT2D eigenvalue weighted by molar-refractivity contribution is -0.138. The number of likely N-dealkylation sites (tertiary alicyclic amines) is 1. The highest BCUT2D eigenvalue weighted by atomic mass is 32.2. The maximum atomic E-state index is 14.5. The summed E-state index contributed by atoms with van der Waals surface area (Å²) < 4.78 is 13.6. The topological polar surface area (TPSA) is 56.8 Å². The van der Waals surface area contributed by atoms with E-state index in [0.717, 1.165) is 5.56 Å². The molecular weight excluding hydrogens is 447 g/mol. The number of thiocarbonyl (C=S) groups is 1. The fourth-order valence-corrected chi connectivity index (χ4v) is 7.68. The van der Waals surface area contributed by atoms with Gasteiger partial charge in [-0.3, -0.25) is 24.4 Å². The van der Waals surface area contributed by atoms with Crippen molar-refractivity contribution < 1.29 is 14.0 Å². The Morgan fingerprint density at radius 1 is 1.31 bits per heavy atom. The normalized spacial score (nSPS) is 29.6. The molecule has 0 unspecified atom stereocenters. The molecule has 0 saturated carbocycles. The number of anilines is 1. The van der Waals surface area contributed by atoms with Crippen LogP contribution in [0, 0.1) is 5.82 Å². The molecule has 5 rings (SSSR count). The molecule has 6 nitrogen and oxygen atoms in total. The van der Waals surface area contributed by atoms with Crippen molar-refractivity contribution in [3.63, 3.8) is 0 Å². The lowest BCUT2D eigenvalue weighted by atomic mass is 9.72. The number of carbonyl (C=O) groups excluding carboxylic acids is 2. The van der Waals surface area contributed by atoms with Crippen molar-refractivity contribution in [3.8, 4) is 0 Å². The molecule has 9 heteroatoms. The van der Waals surface area contributed by atoms with Gasteiger partial charge in [-0.15, -0.1) is 6.58 Å². The number of fused-ring (bicyclic) bond motifs is 3. The second kappa shape index (κ2) is 7.19. The zero-order valence-electron chi connectivity index (χ0n) is 17.6. The summed E-state index contributed by atoms with van der Waals surface area (Å²) in [5.74, 6) is -1.38. The second-order valence-corrected chi connectivity index (χ2v) is 10.1. The van der Waals surface area contributed by atoms with Gasteiger partial charge < -0.3 is 4.90 Å².